The van der Waals surface area contributed by atoms with E-state index < -0.39 is 20.0 Å². The molecule has 1 saturated heterocycles. The molecule has 0 spiro atoms. The molecule has 154 valence electrons. The molecule has 0 N–H and O–H groups in total. The van der Waals surface area contributed by atoms with Crippen LogP contribution >= 0.6 is 0 Å². The summed E-state index contributed by atoms with van der Waals surface area (Å²) in [7, 11) is -7.81. The van der Waals surface area contributed by atoms with E-state index in [2.05, 4.69) is 5.10 Å². The maximum Gasteiger partial charge on any atom is 0.283 e. The summed E-state index contributed by atoms with van der Waals surface area (Å²) in [6, 6.07) is 5.16. The Morgan fingerprint density at radius 1 is 1.04 bits per heavy atom. The van der Waals surface area contributed by atoms with Gasteiger partial charge in [-0.2, -0.15) is 21.9 Å². The van der Waals surface area contributed by atoms with Crippen molar-refractivity contribution in [2.75, 3.05) is 13.1 Å². The van der Waals surface area contributed by atoms with Gasteiger partial charge in [0, 0.05) is 13.1 Å². The topological polar surface area (TPSA) is 89.3 Å². The molecule has 0 radical (unpaired) electrons. The quantitative estimate of drug-likeness (QED) is 0.751. The second-order valence-electron chi connectivity index (χ2n) is 7.73. The van der Waals surface area contributed by atoms with Gasteiger partial charge in [0.15, 0.2) is 0 Å². The fraction of sp³-hybridized carbons (Fsp3) is 0.526. The summed E-state index contributed by atoms with van der Waals surface area (Å²) in [5.41, 5.74) is 1.72. The molecule has 0 aliphatic carbocycles. The minimum absolute atomic E-state index is 0.00418. The number of benzene rings is 1. The van der Waals surface area contributed by atoms with Crippen molar-refractivity contribution < 1.29 is 16.8 Å². The average Bonchev–Trinajstić information content (AvgIpc) is 2.92. The molecule has 7 nitrogen and oxygen atoms in total. The largest absolute Gasteiger partial charge is 0.283 e. The van der Waals surface area contributed by atoms with Gasteiger partial charge in [-0.05, 0) is 63.6 Å². The second-order valence-corrected chi connectivity index (χ2v) is 11.3. The van der Waals surface area contributed by atoms with E-state index in [1.165, 1.54) is 11.2 Å². The molecule has 1 aromatic carbocycles. The molecule has 28 heavy (non-hydrogen) atoms. The average molecular weight is 426 g/mol. The lowest BCUT2D eigenvalue weighted by atomic mass is 10.0. The zero-order chi connectivity index (χ0) is 20.9. The molecule has 1 aliphatic rings. The van der Waals surface area contributed by atoms with E-state index in [-0.39, 0.29) is 27.1 Å². The molecule has 1 aromatic heterocycles. The van der Waals surface area contributed by atoms with Gasteiger partial charge in [-0.1, -0.05) is 19.1 Å². The first-order valence-electron chi connectivity index (χ1n) is 9.35. The van der Waals surface area contributed by atoms with Gasteiger partial charge in [0.1, 0.15) is 4.90 Å². The highest BCUT2D eigenvalue weighted by Gasteiger charge is 2.35. The molecule has 0 bridgehead atoms. The van der Waals surface area contributed by atoms with E-state index in [1.807, 2.05) is 19.9 Å². The lowest BCUT2D eigenvalue weighted by molar-refractivity contribution is 0.281. The molecule has 9 heteroatoms. The van der Waals surface area contributed by atoms with Gasteiger partial charge >= 0.3 is 0 Å². The van der Waals surface area contributed by atoms with E-state index >= 15 is 0 Å². The first-order valence-corrected chi connectivity index (χ1v) is 12.2. The zero-order valence-electron chi connectivity index (χ0n) is 16.9. The molecule has 2 aromatic rings. The van der Waals surface area contributed by atoms with Crippen molar-refractivity contribution in [1.82, 2.24) is 13.5 Å². The van der Waals surface area contributed by atoms with Crippen molar-refractivity contribution in [2.45, 2.75) is 57.3 Å². The fourth-order valence-corrected chi connectivity index (χ4v) is 7.47. The van der Waals surface area contributed by atoms with E-state index in [0.717, 1.165) is 22.5 Å². The third-order valence-electron chi connectivity index (χ3n) is 5.25. The molecule has 0 amide bonds. The normalized spacial score (nSPS) is 19.1. The molecule has 2 heterocycles. The van der Waals surface area contributed by atoms with E-state index in [1.54, 1.807) is 26.0 Å². The van der Waals surface area contributed by atoms with Crippen molar-refractivity contribution in [3.63, 3.8) is 0 Å². The minimum atomic E-state index is -4.00. The van der Waals surface area contributed by atoms with Gasteiger partial charge in [0.25, 0.3) is 10.0 Å². The van der Waals surface area contributed by atoms with Crippen LogP contribution in [-0.2, 0) is 20.0 Å². The molecule has 1 unspecified atom stereocenters. The number of hydrogen-bond donors (Lipinski definition) is 0. The van der Waals surface area contributed by atoms with Gasteiger partial charge in [-0.25, -0.2) is 8.42 Å². The van der Waals surface area contributed by atoms with Crippen LogP contribution in [0.25, 0.3) is 0 Å². The summed E-state index contributed by atoms with van der Waals surface area (Å²) in [5, 5.41) is 4.13. The lowest BCUT2D eigenvalue weighted by Gasteiger charge is -2.30. The molecule has 1 aliphatic heterocycles. The predicted octanol–water partition coefficient (Wildman–Crippen LogP) is 2.77. The summed E-state index contributed by atoms with van der Waals surface area (Å²) < 4.78 is 55.3. The van der Waals surface area contributed by atoms with Crippen LogP contribution in [0.15, 0.2) is 28.0 Å². The first-order chi connectivity index (χ1) is 13.0. The highest BCUT2D eigenvalue weighted by Crippen LogP contribution is 2.30. The SMILES string of the molecule is Cc1ccc(C)c(S(=O)(=O)n2nc(C)c(S(=O)(=O)N3CCCC(C)C3)c2C)c1. The van der Waals surface area contributed by atoms with Crippen LogP contribution in [0, 0.1) is 33.6 Å². The smallest absolute Gasteiger partial charge is 0.207 e. The summed E-state index contributed by atoms with van der Waals surface area (Å²) in [5.74, 6) is 0.276. The second kappa shape index (κ2) is 7.27. The molecular weight excluding hydrogens is 398 g/mol. The van der Waals surface area contributed by atoms with Crippen LogP contribution in [0.2, 0.25) is 0 Å². The number of aryl methyl sites for hydroxylation is 3. The van der Waals surface area contributed by atoms with E-state index in [4.69, 9.17) is 0 Å². The zero-order valence-corrected chi connectivity index (χ0v) is 18.6. The van der Waals surface area contributed by atoms with E-state index in [0.29, 0.717) is 18.7 Å². The predicted molar refractivity (Wildman–Crippen MR) is 107 cm³/mol. The maximum absolute atomic E-state index is 13.3. The molecule has 1 fully saturated rings. The Kier molecular flexibility index (Phi) is 5.46. The van der Waals surface area contributed by atoms with Gasteiger partial charge < -0.3 is 0 Å². The summed E-state index contributed by atoms with van der Waals surface area (Å²) in [6.45, 7) is 9.48. The van der Waals surface area contributed by atoms with Gasteiger partial charge in [-0.15, -0.1) is 0 Å². The number of nitrogens with zero attached hydrogens (tertiary/aromatic N) is 3. The summed E-state index contributed by atoms with van der Waals surface area (Å²) >= 11 is 0. The minimum Gasteiger partial charge on any atom is -0.207 e. The van der Waals surface area contributed by atoms with Crippen LogP contribution in [0.3, 0.4) is 0 Å². The van der Waals surface area contributed by atoms with Crippen molar-refractivity contribution in [1.29, 1.82) is 0 Å². The number of piperidine rings is 1. The standard InChI is InChI=1S/C19H27N3O4S2/c1-13-8-9-15(3)18(11-13)27(23,24)22-17(5)19(16(4)20-22)28(25,26)21-10-6-7-14(2)12-21/h8-9,11,14H,6-7,10,12H2,1-5H3. The highest BCUT2D eigenvalue weighted by atomic mass is 32.2. The summed E-state index contributed by atoms with van der Waals surface area (Å²) in [4.78, 5) is 0.129. The van der Waals surface area contributed by atoms with Crippen molar-refractivity contribution in [3.05, 3.63) is 40.7 Å². The van der Waals surface area contributed by atoms with Crippen molar-refractivity contribution in [2.24, 2.45) is 5.92 Å². The Labute approximate surface area is 167 Å². The van der Waals surface area contributed by atoms with Crippen LogP contribution in [0.1, 0.15) is 42.3 Å². The van der Waals surface area contributed by atoms with E-state index in [9.17, 15) is 16.8 Å². The number of hydrogen-bond acceptors (Lipinski definition) is 5. The number of sulfonamides is 1. The monoisotopic (exact) mass is 425 g/mol. The van der Waals surface area contributed by atoms with Gasteiger partial charge in [-0.3, -0.25) is 0 Å². The molecule has 0 saturated carbocycles. The Morgan fingerprint density at radius 3 is 2.36 bits per heavy atom. The van der Waals surface area contributed by atoms with Gasteiger partial charge in [0.05, 0.1) is 16.3 Å². The van der Waals surface area contributed by atoms with Gasteiger partial charge in [0.2, 0.25) is 10.0 Å². The Morgan fingerprint density at radius 2 is 1.71 bits per heavy atom. The Hall–Kier alpha value is -1.71. The van der Waals surface area contributed by atoms with Crippen molar-refractivity contribution in [3.8, 4) is 0 Å². The van der Waals surface area contributed by atoms with Crippen molar-refractivity contribution >= 4 is 20.0 Å². The van der Waals surface area contributed by atoms with Crippen LogP contribution in [-0.4, -0.2) is 43.4 Å². The summed E-state index contributed by atoms with van der Waals surface area (Å²) in [6.07, 6.45) is 1.79. The molecular formula is C19H27N3O4S2. The lowest BCUT2D eigenvalue weighted by Crippen LogP contribution is -2.39. The third kappa shape index (κ3) is 3.51. The Balaban J connectivity index is 2.13. The van der Waals surface area contributed by atoms with Crippen LogP contribution in [0.4, 0.5) is 0 Å². The number of rotatable bonds is 4. The first kappa shape index (κ1) is 21.0. The third-order valence-corrected chi connectivity index (χ3v) is 9.18. The maximum atomic E-state index is 13.3. The fourth-order valence-electron chi connectivity index (χ4n) is 3.78. The Bertz CT molecular complexity index is 1120. The molecule has 1 atom stereocenters. The van der Waals surface area contributed by atoms with Crippen LogP contribution < -0.4 is 0 Å². The van der Waals surface area contributed by atoms with Crippen LogP contribution in [0.5, 0.6) is 0 Å². The molecule has 3 rings (SSSR count). The number of aromatic nitrogens is 2. The highest BCUT2D eigenvalue weighted by molar-refractivity contribution is 7.90.